The van der Waals surface area contributed by atoms with E-state index in [1.807, 2.05) is 0 Å². The van der Waals surface area contributed by atoms with Gasteiger partial charge in [-0.15, -0.1) is 0 Å². The first-order valence-electron chi connectivity index (χ1n) is 5.94. The van der Waals surface area contributed by atoms with E-state index in [0.717, 1.165) is 6.07 Å². The number of rotatable bonds is 1. The van der Waals surface area contributed by atoms with Gasteiger partial charge in [0.05, 0.1) is 11.1 Å². The highest BCUT2D eigenvalue weighted by Gasteiger charge is 2.35. The Labute approximate surface area is 117 Å². The van der Waals surface area contributed by atoms with Crippen LogP contribution in [0.4, 0.5) is 0 Å². The summed E-state index contributed by atoms with van der Waals surface area (Å²) in [7, 11) is 0. The van der Waals surface area contributed by atoms with Gasteiger partial charge < -0.3 is 15.3 Å². The third-order valence-corrected chi connectivity index (χ3v) is 3.39. The van der Waals surface area contributed by atoms with Gasteiger partial charge in [0.1, 0.15) is 17.1 Å². The summed E-state index contributed by atoms with van der Waals surface area (Å²) in [5.74, 6) is -3.91. The van der Waals surface area contributed by atoms with Gasteiger partial charge >= 0.3 is 5.97 Å². The molecule has 0 bridgehead atoms. The van der Waals surface area contributed by atoms with E-state index < -0.39 is 40.2 Å². The molecule has 0 atom stereocenters. The van der Waals surface area contributed by atoms with E-state index in [-0.39, 0.29) is 16.7 Å². The number of hydrogen-bond donors (Lipinski definition) is 3. The number of carbonyl (C=O) groups excluding carboxylic acids is 2. The van der Waals surface area contributed by atoms with Crippen LogP contribution in [0.2, 0.25) is 0 Å². The molecule has 0 unspecified atom stereocenters. The van der Waals surface area contributed by atoms with Gasteiger partial charge in [-0.05, 0) is 18.2 Å². The van der Waals surface area contributed by atoms with Crippen molar-refractivity contribution in [3.63, 3.8) is 0 Å². The van der Waals surface area contributed by atoms with E-state index in [4.69, 9.17) is 5.11 Å². The molecule has 1 aliphatic rings. The van der Waals surface area contributed by atoms with Gasteiger partial charge in [0, 0.05) is 11.1 Å². The van der Waals surface area contributed by atoms with Crippen LogP contribution in [0.5, 0.6) is 11.5 Å². The molecular weight excluding hydrogens is 276 g/mol. The molecule has 0 fully saturated rings. The van der Waals surface area contributed by atoms with Crippen molar-refractivity contribution in [1.29, 1.82) is 0 Å². The number of carboxylic acid groups (broad SMARTS) is 1. The Morgan fingerprint density at radius 1 is 0.857 bits per heavy atom. The summed E-state index contributed by atoms with van der Waals surface area (Å²) in [4.78, 5) is 35.7. The fourth-order valence-electron chi connectivity index (χ4n) is 2.42. The first-order valence-corrected chi connectivity index (χ1v) is 5.94. The average molecular weight is 284 g/mol. The highest BCUT2D eigenvalue weighted by atomic mass is 16.4. The van der Waals surface area contributed by atoms with Gasteiger partial charge in [-0.2, -0.15) is 0 Å². The van der Waals surface area contributed by atoms with Crippen LogP contribution in [0.25, 0.3) is 0 Å². The molecule has 0 aliphatic heterocycles. The van der Waals surface area contributed by atoms with Gasteiger partial charge in [0.25, 0.3) is 0 Å². The lowest BCUT2D eigenvalue weighted by atomic mass is 9.82. The van der Waals surface area contributed by atoms with E-state index in [0.29, 0.717) is 0 Å². The predicted molar refractivity (Wildman–Crippen MR) is 70.0 cm³/mol. The van der Waals surface area contributed by atoms with Crippen molar-refractivity contribution in [1.82, 2.24) is 0 Å². The molecule has 6 heteroatoms. The fraction of sp³-hybridized carbons (Fsp3) is 0. The van der Waals surface area contributed by atoms with Crippen LogP contribution >= 0.6 is 0 Å². The van der Waals surface area contributed by atoms with E-state index in [1.165, 1.54) is 24.3 Å². The lowest BCUT2D eigenvalue weighted by Gasteiger charge is -2.19. The molecule has 0 aromatic heterocycles. The summed E-state index contributed by atoms with van der Waals surface area (Å²) < 4.78 is 0. The summed E-state index contributed by atoms with van der Waals surface area (Å²) in [6.07, 6.45) is 0. The predicted octanol–water partition coefficient (Wildman–Crippen LogP) is 1.57. The second kappa shape index (κ2) is 4.17. The highest BCUT2D eigenvalue weighted by Crippen LogP contribution is 2.37. The molecule has 104 valence electrons. The van der Waals surface area contributed by atoms with E-state index in [2.05, 4.69) is 0 Å². The minimum atomic E-state index is -1.42. The summed E-state index contributed by atoms with van der Waals surface area (Å²) in [5.41, 5.74) is -1.16. The molecule has 6 nitrogen and oxygen atoms in total. The second-order valence-corrected chi connectivity index (χ2v) is 4.55. The zero-order valence-corrected chi connectivity index (χ0v) is 10.5. The highest BCUT2D eigenvalue weighted by molar-refractivity contribution is 6.30. The number of benzene rings is 2. The molecule has 2 aromatic carbocycles. The Bertz CT molecular complexity index is 834. The van der Waals surface area contributed by atoms with Gasteiger partial charge in [-0.1, -0.05) is 12.1 Å². The van der Waals surface area contributed by atoms with Crippen molar-refractivity contribution in [3.8, 4) is 11.5 Å². The van der Waals surface area contributed by atoms with Crippen LogP contribution in [-0.2, 0) is 0 Å². The van der Waals surface area contributed by atoms with Crippen molar-refractivity contribution < 1.29 is 29.7 Å². The molecule has 0 amide bonds. The van der Waals surface area contributed by atoms with Gasteiger partial charge in [0.15, 0.2) is 5.78 Å². The number of fused-ring (bicyclic) bond motifs is 2. The quantitative estimate of drug-likeness (QED) is 0.625. The maximum absolute atomic E-state index is 12.4. The van der Waals surface area contributed by atoms with Crippen molar-refractivity contribution in [2.24, 2.45) is 0 Å². The third-order valence-electron chi connectivity index (χ3n) is 3.39. The summed E-state index contributed by atoms with van der Waals surface area (Å²) in [6, 6.07) is 6.31. The average Bonchev–Trinajstić information content (AvgIpc) is 2.43. The molecule has 0 heterocycles. The lowest BCUT2D eigenvalue weighted by molar-refractivity contribution is 0.0693. The minimum absolute atomic E-state index is 0.0231. The largest absolute Gasteiger partial charge is 0.507 e. The van der Waals surface area contributed by atoms with Crippen LogP contribution in [0.1, 0.15) is 42.2 Å². The monoisotopic (exact) mass is 284 g/mol. The topological polar surface area (TPSA) is 112 Å². The van der Waals surface area contributed by atoms with Gasteiger partial charge in [-0.25, -0.2) is 4.79 Å². The summed E-state index contributed by atoms with van der Waals surface area (Å²) in [5, 5.41) is 28.7. The van der Waals surface area contributed by atoms with Crippen molar-refractivity contribution in [2.45, 2.75) is 0 Å². The zero-order valence-electron chi connectivity index (χ0n) is 10.5. The first kappa shape index (κ1) is 12.9. The lowest BCUT2D eigenvalue weighted by Crippen LogP contribution is -2.22. The molecule has 3 N–H and O–H groups in total. The molecule has 2 aromatic rings. The maximum Gasteiger partial charge on any atom is 0.339 e. The Balaban J connectivity index is 2.37. The van der Waals surface area contributed by atoms with Crippen molar-refractivity contribution in [3.05, 3.63) is 58.1 Å². The van der Waals surface area contributed by atoms with Crippen LogP contribution in [0.3, 0.4) is 0 Å². The summed E-state index contributed by atoms with van der Waals surface area (Å²) >= 11 is 0. The van der Waals surface area contributed by atoms with Crippen LogP contribution < -0.4 is 0 Å². The van der Waals surface area contributed by atoms with Gasteiger partial charge in [0.2, 0.25) is 5.78 Å². The summed E-state index contributed by atoms with van der Waals surface area (Å²) in [6.45, 7) is 0. The first-order chi connectivity index (χ1) is 9.93. The number of carboxylic acids is 1. The van der Waals surface area contributed by atoms with E-state index in [9.17, 15) is 24.6 Å². The number of phenols is 2. The Kier molecular flexibility index (Phi) is 2.56. The Morgan fingerprint density at radius 2 is 1.52 bits per heavy atom. The number of carbonyl (C=O) groups is 3. The SMILES string of the molecule is O=C(O)c1ccc2c(c1O)C(=O)c1c(O)cccc1C2=O. The van der Waals surface area contributed by atoms with Crippen molar-refractivity contribution >= 4 is 17.5 Å². The molecule has 0 radical (unpaired) electrons. The maximum atomic E-state index is 12.4. The van der Waals surface area contributed by atoms with Crippen molar-refractivity contribution in [2.75, 3.05) is 0 Å². The normalized spacial score (nSPS) is 12.8. The van der Waals surface area contributed by atoms with Gasteiger partial charge in [-0.3, -0.25) is 9.59 Å². The molecule has 3 rings (SSSR count). The molecule has 21 heavy (non-hydrogen) atoms. The van der Waals surface area contributed by atoms with Crippen LogP contribution in [0, 0.1) is 0 Å². The van der Waals surface area contributed by atoms with E-state index >= 15 is 0 Å². The number of ketones is 2. The molecule has 0 saturated carbocycles. The number of hydrogen-bond acceptors (Lipinski definition) is 5. The molecule has 1 aliphatic carbocycles. The molecule has 0 saturated heterocycles. The zero-order chi connectivity index (χ0) is 15.3. The van der Waals surface area contributed by atoms with E-state index in [1.54, 1.807) is 0 Å². The molecule has 0 spiro atoms. The third kappa shape index (κ3) is 1.62. The number of phenolic OH excluding ortho intramolecular Hbond substituents is 1. The second-order valence-electron chi connectivity index (χ2n) is 4.55. The number of aromatic hydroxyl groups is 2. The Hall–Kier alpha value is -3.15. The standard InChI is InChI=1S/C15H8O6/c16-9-3-1-2-6-10(9)14(19)11-7(12(6)17)4-5-8(13(11)18)15(20)21/h1-5,16,18H,(H,20,21). The smallest absolute Gasteiger partial charge is 0.339 e. The fourth-order valence-corrected chi connectivity index (χ4v) is 2.42. The molecular formula is C15H8O6. The minimum Gasteiger partial charge on any atom is -0.507 e. The van der Waals surface area contributed by atoms with Crippen LogP contribution in [-0.4, -0.2) is 32.9 Å². The Morgan fingerprint density at radius 3 is 2.19 bits per heavy atom. The van der Waals surface area contributed by atoms with Crippen LogP contribution in [0.15, 0.2) is 30.3 Å². The number of aromatic carboxylic acids is 1.